The molecule has 0 bridgehead atoms. The second-order valence-corrected chi connectivity index (χ2v) is 10.0. The number of hydrogen-bond acceptors (Lipinski definition) is 7. The number of ketones is 1. The summed E-state index contributed by atoms with van der Waals surface area (Å²) in [5, 5.41) is 11.4. The summed E-state index contributed by atoms with van der Waals surface area (Å²) >= 11 is 6.29. The van der Waals surface area contributed by atoms with E-state index in [0.29, 0.717) is 39.6 Å². The van der Waals surface area contributed by atoms with E-state index >= 15 is 0 Å². The molecule has 0 saturated carbocycles. The van der Waals surface area contributed by atoms with Gasteiger partial charge in [-0.25, -0.2) is 0 Å². The van der Waals surface area contributed by atoms with Crippen molar-refractivity contribution in [1.29, 1.82) is 0 Å². The molecule has 1 fully saturated rings. The van der Waals surface area contributed by atoms with Crippen molar-refractivity contribution in [3.8, 4) is 23.0 Å². The molecule has 8 heteroatoms. The number of nitrogens with zero attached hydrogens (tertiary/aromatic N) is 2. The first-order valence-corrected chi connectivity index (χ1v) is 12.7. The highest BCUT2D eigenvalue weighted by Gasteiger charge is 2.34. The van der Waals surface area contributed by atoms with Gasteiger partial charge in [-0.15, -0.1) is 0 Å². The maximum atomic E-state index is 13.2. The molecule has 190 valence electrons. The average molecular weight is 519 g/mol. The van der Waals surface area contributed by atoms with E-state index in [9.17, 15) is 9.90 Å². The number of carbonyl (C=O) groups excluding carboxylic acids is 1. The first kappa shape index (κ1) is 23.9. The number of hydrogen-bond donors (Lipinski definition) is 1. The van der Waals surface area contributed by atoms with Gasteiger partial charge in [-0.2, -0.15) is 0 Å². The van der Waals surface area contributed by atoms with E-state index in [-0.39, 0.29) is 24.1 Å². The van der Waals surface area contributed by atoms with Gasteiger partial charge in [0.1, 0.15) is 11.5 Å². The zero-order valence-electron chi connectivity index (χ0n) is 20.5. The lowest BCUT2D eigenvalue weighted by Crippen LogP contribution is -2.45. The van der Waals surface area contributed by atoms with Gasteiger partial charge in [0.25, 0.3) is 0 Å². The quantitative estimate of drug-likeness (QED) is 0.476. The Bertz CT molecular complexity index is 1410. The lowest BCUT2D eigenvalue weighted by Gasteiger charge is -2.35. The Morgan fingerprint density at radius 2 is 1.70 bits per heavy atom. The Morgan fingerprint density at radius 3 is 2.49 bits per heavy atom. The number of phenolic OH excluding ortho intramolecular Hbond substituents is 1. The summed E-state index contributed by atoms with van der Waals surface area (Å²) in [7, 11) is 0. The highest BCUT2D eigenvalue weighted by molar-refractivity contribution is 6.32. The van der Waals surface area contributed by atoms with E-state index in [2.05, 4.69) is 15.9 Å². The maximum absolute atomic E-state index is 13.2. The summed E-state index contributed by atoms with van der Waals surface area (Å²) in [5.74, 6) is 2.21. The van der Waals surface area contributed by atoms with Crippen molar-refractivity contribution in [3.05, 3.63) is 87.1 Å². The molecule has 0 amide bonds. The topological polar surface area (TPSA) is 71.5 Å². The molecule has 0 spiro atoms. The van der Waals surface area contributed by atoms with E-state index in [0.717, 1.165) is 44.2 Å². The van der Waals surface area contributed by atoms with Crippen LogP contribution in [0.3, 0.4) is 0 Å². The lowest BCUT2D eigenvalue weighted by atomic mass is 9.99. The molecule has 0 unspecified atom stereocenters. The molecular formula is C29H27ClN2O5. The molecule has 6 rings (SSSR count). The molecule has 0 aromatic heterocycles. The fourth-order valence-corrected chi connectivity index (χ4v) is 5.28. The number of aromatic hydroxyl groups is 1. The van der Waals surface area contributed by atoms with E-state index < -0.39 is 0 Å². The van der Waals surface area contributed by atoms with Gasteiger partial charge in [0.2, 0.25) is 12.6 Å². The Labute approximate surface area is 220 Å². The van der Waals surface area contributed by atoms with Crippen molar-refractivity contribution in [2.24, 2.45) is 0 Å². The van der Waals surface area contributed by atoms with Gasteiger partial charge in [0.15, 0.2) is 17.3 Å². The predicted molar refractivity (Wildman–Crippen MR) is 140 cm³/mol. The lowest BCUT2D eigenvalue weighted by molar-refractivity contribution is 0.101. The summed E-state index contributed by atoms with van der Waals surface area (Å²) in [5.41, 5.74) is 3.74. The van der Waals surface area contributed by atoms with Crippen LogP contribution in [0.1, 0.15) is 32.6 Å². The molecule has 3 aliphatic rings. The van der Waals surface area contributed by atoms with Crippen LogP contribution >= 0.6 is 11.6 Å². The van der Waals surface area contributed by atoms with Gasteiger partial charge in [-0.1, -0.05) is 35.9 Å². The second-order valence-electron chi connectivity index (χ2n) is 9.60. The number of piperazine rings is 1. The number of fused-ring (bicyclic) bond motifs is 2. The van der Waals surface area contributed by atoms with Crippen molar-refractivity contribution in [3.63, 3.8) is 0 Å². The standard InChI is InChI=1S/C29H27ClN2O5/c1-18-12-23(33)21(29-27(18)28(34)26(37-29)14-20-4-2-3-5-22(20)30)16-32-10-8-31(9-11-32)15-19-6-7-24-25(13-19)36-17-35-24/h2-7,12-14,33H,8-11,15-17H2,1H3/b26-14-. The van der Waals surface area contributed by atoms with Gasteiger partial charge in [0, 0.05) is 44.3 Å². The average Bonchev–Trinajstić information content (AvgIpc) is 3.48. The number of aryl methyl sites for hydroxylation is 1. The van der Waals surface area contributed by atoms with E-state index in [1.165, 1.54) is 5.56 Å². The molecule has 3 heterocycles. The largest absolute Gasteiger partial charge is 0.507 e. The van der Waals surface area contributed by atoms with Crippen LogP contribution in [0.2, 0.25) is 5.02 Å². The molecular weight excluding hydrogens is 492 g/mol. The number of benzene rings is 3. The molecule has 3 aromatic rings. The van der Waals surface area contributed by atoms with Crippen molar-refractivity contribution in [2.75, 3.05) is 33.0 Å². The van der Waals surface area contributed by atoms with E-state index in [4.69, 9.17) is 25.8 Å². The summed E-state index contributed by atoms with van der Waals surface area (Å²) in [6.07, 6.45) is 1.67. The third kappa shape index (κ3) is 4.66. The Hall–Kier alpha value is -3.52. The highest BCUT2D eigenvalue weighted by atomic mass is 35.5. The van der Waals surface area contributed by atoms with Crippen LogP contribution in [-0.2, 0) is 13.1 Å². The fourth-order valence-electron chi connectivity index (χ4n) is 5.09. The van der Waals surface area contributed by atoms with Crippen LogP contribution in [-0.4, -0.2) is 53.7 Å². The molecule has 3 aromatic carbocycles. The summed E-state index contributed by atoms with van der Waals surface area (Å²) in [6.45, 7) is 6.88. The normalized spacial score (nSPS) is 18.3. The number of rotatable bonds is 5. The second kappa shape index (κ2) is 9.74. The Balaban J connectivity index is 1.16. The number of halogens is 1. The third-order valence-corrected chi connectivity index (χ3v) is 7.45. The highest BCUT2D eigenvalue weighted by Crippen LogP contribution is 2.42. The Morgan fingerprint density at radius 1 is 0.973 bits per heavy atom. The van der Waals surface area contributed by atoms with Gasteiger partial charge in [-0.05, 0) is 54.0 Å². The summed E-state index contributed by atoms with van der Waals surface area (Å²) in [4.78, 5) is 17.9. The molecule has 37 heavy (non-hydrogen) atoms. The van der Waals surface area contributed by atoms with Crippen LogP contribution in [0, 0.1) is 6.92 Å². The number of Topliss-reactive ketones (excluding diaryl/α,β-unsaturated/α-hetero) is 1. The fraction of sp³-hybridized carbons (Fsp3) is 0.276. The van der Waals surface area contributed by atoms with Crippen LogP contribution in [0.4, 0.5) is 0 Å². The van der Waals surface area contributed by atoms with Gasteiger partial charge in [0.05, 0.1) is 11.1 Å². The number of carbonyl (C=O) groups is 1. The summed E-state index contributed by atoms with van der Waals surface area (Å²) < 4.78 is 17.0. The van der Waals surface area contributed by atoms with Crippen LogP contribution < -0.4 is 14.2 Å². The zero-order valence-corrected chi connectivity index (χ0v) is 21.3. The monoisotopic (exact) mass is 518 g/mol. The minimum Gasteiger partial charge on any atom is -0.507 e. The number of allylic oxidation sites excluding steroid dienone is 1. The molecule has 0 atom stereocenters. The maximum Gasteiger partial charge on any atom is 0.232 e. The smallest absolute Gasteiger partial charge is 0.232 e. The van der Waals surface area contributed by atoms with Crippen LogP contribution in [0.15, 0.2) is 54.3 Å². The van der Waals surface area contributed by atoms with E-state index in [1.54, 1.807) is 18.2 Å². The van der Waals surface area contributed by atoms with Crippen molar-refractivity contribution >= 4 is 23.5 Å². The minimum absolute atomic E-state index is 0.144. The first-order valence-electron chi connectivity index (χ1n) is 12.3. The Kier molecular flexibility index (Phi) is 6.28. The molecule has 7 nitrogen and oxygen atoms in total. The van der Waals surface area contributed by atoms with E-state index in [1.807, 2.05) is 37.3 Å². The third-order valence-electron chi connectivity index (χ3n) is 7.10. The first-order chi connectivity index (χ1) is 18.0. The van der Waals surface area contributed by atoms with Crippen molar-refractivity contribution < 1.29 is 24.1 Å². The van der Waals surface area contributed by atoms with Gasteiger partial charge >= 0.3 is 0 Å². The minimum atomic E-state index is -0.192. The summed E-state index contributed by atoms with van der Waals surface area (Å²) in [6, 6.07) is 15.1. The van der Waals surface area contributed by atoms with Crippen molar-refractivity contribution in [1.82, 2.24) is 9.80 Å². The molecule has 1 N–H and O–H groups in total. The zero-order chi connectivity index (χ0) is 25.5. The van der Waals surface area contributed by atoms with Crippen LogP contribution in [0.5, 0.6) is 23.0 Å². The molecule has 1 saturated heterocycles. The molecule has 3 aliphatic heterocycles. The SMILES string of the molecule is Cc1cc(O)c(CN2CCN(Cc3ccc4c(c3)OCO4)CC2)c2c1C(=O)/C(=C/c1ccccc1Cl)O2. The predicted octanol–water partition coefficient (Wildman–Crippen LogP) is 5.02. The molecule has 0 aliphatic carbocycles. The van der Waals surface area contributed by atoms with Crippen molar-refractivity contribution in [2.45, 2.75) is 20.0 Å². The number of ether oxygens (including phenoxy) is 3. The van der Waals surface area contributed by atoms with Crippen LogP contribution in [0.25, 0.3) is 6.08 Å². The molecule has 0 radical (unpaired) electrons. The van der Waals surface area contributed by atoms with Gasteiger partial charge < -0.3 is 19.3 Å². The van der Waals surface area contributed by atoms with Gasteiger partial charge in [-0.3, -0.25) is 14.6 Å². The number of phenols is 1.